The SMILES string of the molecule is Cc1nc(CNC(=O)CO)ncc1-n1c(C)cc(OCc2ccc(F)cc2F)c(Br)c1=O. The summed E-state index contributed by atoms with van der Waals surface area (Å²) in [4.78, 5) is 32.6. The van der Waals surface area contributed by atoms with Gasteiger partial charge in [-0.25, -0.2) is 18.7 Å². The molecule has 3 aromatic rings. The highest BCUT2D eigenvalue weighted by molar-refractivity contribution is 9.10. The van der Waals surface area contributed by atoms with Crippen molar-refractivity contribution in [3.05, 3.63) is 79.7 Å². The van der Waals surface area contributed by atoms with E-state index in [1.807, 2.05) is 0 Å². The van der Waals surface area contributed by atoms with Crippen LogP contribution in [0.1, 0.15) is 22.8 Å². The predicted octanol–water partition coefficient (Wildman–Crippen LogP) is 2.47. The van der Waals surface area contributed by atoms with E-state index in [9.17, 15) is 18.4 Å². The van der Waals surface area contributed by atoms with Gasteiger partial charge in [0.2, 0.25) is 5.91 Å². The molecule has 2 N–H and O–H groups in total. The second kappa shape index (κ2) is 9.96. The van der Waals surface area contributed by atoms with Crippen LogP contribution in [0.15, 0.2) is 39.7 Å². The average molecular weight is 509 g/mol. The van der Waals surface area contributed by atoms with Crippen molar-refractivity contribution in [1.29, 1.82) is 0 Å². The summed E-state index contributed by atoms with van der Waals surface area (Å²) in [5.74, 6) is -1.46. The molecule has 11 heteroatoms. The third kappa shape index (κ3) is 5.17. The predicted molar refractivity (Wildman–Crippen MR) is 114 cm³/mol. The lowest BCUT2D eigenvalue weighted by atomic mass is 10.2. The molecule has 1 aromatic carbocycles. The number of aromatic nitrogens is 3. The molecule has 2 heterocycles. The van der Waals surface area contributed by atoms with Crippen molar-refractivity contribution in [1.82, 2.24) is 19.9 Å². The van der Waals surface area contributed by atoms with Crippen molar-refractivity contribution < 1.29 is 23.4 Å². The summed E-state index contributed by atoms with van der Waals surface area (Å²) in [6.07, 6.45) is 1.46. The van der Waals surface area contributed by atoms with E-state index < -0.39 is 29.7 Å². The quantitative estimate of drug-likeness (QED) is 0.507. The van der Waals surface area contributed by atoms with Crippen LogP contribution < -0.4 is 15.6 Å². The van der Waals surface area contributed by atoms with Gasteiger partial charge in [-0.3, -0.25) is 14.2 Å². The lowest BCUT2D eigenvalue weighted by molar-refractivity contribution is -0.124. The van der Waals surface area contributed by atoms with Crippen molar-refractivity contribution in [2.75, 3.05) is 6.61 Å². The van der Waals surface area contributed by atoms with E-state index in [0.29, 0.717) is 22.9 Å². The monoisotopic (exact) mass is 508 g/mol. The first-order valence-electron chi connectivity index (χ1n) is 9.40. The number of aliphatic hydroxyl groups excluding tert-OH is 1. The fraction of sp³-hybridized carbons (Fsp3) is 0.238. The number of hydrogen-bond donors (Lipinski definition) is 2. The van der Waals surface area contributed by atoms with Crippen molar-refractivity contribution in [2.24, 2.45) is 0 Å². The van der Waals surface area contributed by atoms with Crippen LogP contribution in [0.5, 0.6) is 5.75 Å². The first kappa shape index (κ1) is 23.5. The maximum atomic E-state index is 13.8. The molecule has 0 bridgehead atoms. The van der Waals surface area contributed by atoms with Gasteiger partial charge in [-0.05, 0) is 41.9 Å². The van der Waals surface area contributed by atoms with Gasteiger partial charge in [-0.1, -0.05) is 0 Å². The van der Waals surface area contributed by atoms with E-state index in [1.165, 1.54) is 16.8 Å². The molecule has 32 heavy (non-hydrogen) atoms. The topological polar surface area (TPSA) is 106 Å². The number of ether oxygens (including phenoxy) is 1. The van der Waals surface area contributed by atoms with E-state index in [4.69, 9.17) is 9.84 Å². The standard InChI is InChI=1S/C21H19BrF2N4O4/c1-11-5-17(32-10-13-3-4-14(23)6-15(13)24)20(22)21(31)28(11)16-7-25-18(27-12(16)2)8-26-19(30)9-29/h3-7,29H,8-10H2,1-2H3,(H,26,30). The molecule has 2 aromatic heterocycles. The zero-order valence-corrected chi connectivity index (χ0v) is 18.7. The first-order chi connectivity index (χ1) is 15.2. The van der Waals surface area contributed by atoms with E-state index in [-0.39, 0.29) is 28.9 Å². The fourth-order valence-electron chi connectivity index (χ4n) is 2.93. The highest BCUT2D eigenvalue weighted by Crippen LogP contribution is 2.26. The van der Waals surface area contributed by atoms with Crippen LogP contribution in [0.2, 0.25) is 0 Å². The number of aryl methyl sites for hydroxylation is 2. The smallest absolute Gasteiger partial charge is 0.273 e. The van der Waals surface area contributed by atoms with Crippen LogP contribution in [0, 0.1) is 25.5 Å². The zero-order chi connectivity index (χ0) is 23.4. The molecule has 0 aliphatic rings. The molecule has 0 atom stereocenters. The second-order valence-electron chi connectivity index (χ2n) is 6.82. The zero-order valence-electron chi connectivity index (χ0n) is 17.2. The molecule has 0 unspecified atom stereocenters. The Morgan fingerprint density at radius 1 is 1.28 bits per heavy atom. The van der Waals surface area contributed by atoms with E-state index in [1.54, 1.807) is 19.9 Å². The number of carbonyl (C=O) groups excluding carboxylic acids is 1. The molecular formula is C21H19BrF2N4O4. The molecule has 0 spiro atoms. The minimum Gasteiger partial charge on any atom is -0.487 e. The van der Waals surface area contributed by atoms with Crippen LogP contribution in [0.25, 0.3) is 5.69 Å². The van der Waals surface area contributed by atoms with Crippen LogP contribution >= 0.6 is 15.9 Å². The van der Waals surface area contributed by atoms with Gasteiger partial charge in [0.05, 0.1) is 24.1 Å². The number of aliphatic hydroxyl groups is 1. The number of carbonyl (C=O) groups is 1. The summed E-state index contributed by atoms with van der Waals surface area (Å²) in [7, 11) is 0. The Balaban J connectivity index is 1.87. The van der Waals surface area contributed by atoms with E-state index in [2.05, 4.69) is 31.2 Å². The fourth-order valence-corrected chi connectivity index (χ4v) is 3.33. The second-order valence-corrected chi connectivity index (χ2v) is 7.61. The van der Waals surface area contributed by atoms with E-state index >= 15 is 0 Å². The lowest BCUT2D eigenvalue weighted by Crippen LogP contribution is -2.27. The van der Waals surface area contributed by atoms with Gasteiger partial charge >= 0.3 is 0 Å². The number of halogens is 3. The Hall–Kier alpha value is -3.18. The van der Waals surface area contributed by atoms with E-state index in [0.717, 1.165) is 12.1 Å². The Morgan fingerprint density at radius 3 is 2.69 bits per heavy atom. The van der Waals surface area contributed by atoms with Gasteiger partial charge in [0.15, 0.2) is 0 Å². The molecule has 0 radical (unpaired) electrons. The molecule has 0 saturated carbocycles. The largest absolute Gasteiger partial charge is 0.487 e. The number of nitrogens with zero attached hydrogens (tertiary/aromatic N) is 3. The summed E-state index contributed by atoms with van der Waals surface area (Å²) < 4.78 is 34.0. The number of benzene rings is 1. The molecule has 3 rings (SSSR count). The minimum absolute atomic E-state index is 0.0326. The highest BCUT2D eigenvalue weighted by Gasteiger charge is 2.17. The van der Waals surface area contributed by atoms with Crippen molar-refractivity contribution in [3.63, 3.8) is 0 Å². The number of rotatable bonds is 7. The van der Waals surface area contributed by atoms with Crippen LogP contribution in [0.3, 0.4) is 0 Å². The number of hydrogen-bond acceptors (Lipinski definition) is 6. The van der Waals surface area contributed by atoms with Crippen LogP contribution in [0.4, 0.5) is 8.78 Å². The van der Waals surface area contributed by atoms with Gasteiger partial charge in [-0.2, -0.15) is 0 Å². The molecule has 1 amide bonds. The summed E-state index contributed by atoms with van der Waals surface area (Å²) in [6.45, 7) is 2.58. The molecule has 0 aliphatic carbocycles. The van der Waals surface area contributed by atoms with Gasteiger partial charge in [-0.15, -0.1) is 0 Å². The molecule has 0 saturated heterocycles. The minimum atomic E-state index is -0.741. The van der Waals surface area contributed by atoms with Gasteiger partial charge < -0.3 is 15.2 Å². The first-order valence-corrected chi connectivity index (χ1v) is 10.2. The third-order valence-electron chi connectivity index (χ3n) is 4.53. The Labute approximate surface area is 190 Å². The Bertz CT molecular complexity index is 1230. The van der Waals surface area contributed by atoms with Crippen molar-refractivity contribution >= 4 is 21.8 Å². The molecule has 0 fully saturated rings. The Morgan fingerprint density at radius 2 is 2.03 bits per heavy atom. The molecule has 0 aliphatic heterocycles. The van der Waals surface area contributed by atoms with Gasteiger partial charge in [0.25, 0.3) is 5.56 Å². The third-order valence-corrected chi connectivity index (χ3v) is 5.26. The molecule has 8 nitrogen and oxygen atoms in total. The summed E-state index contributed by atoms with van der Waals surface area (Å²) >= 11 is 3.23. The van der Waals surface area contributed by atoms with Crippen molar-refractivity contribution in [3.8, 4) is 11.4 Å². The van der Waals surface area contributed by atoms with Crippen LogP contribution in [-0.4, -0.2) is 32.2 Å². The van der Waals surface area contributed by atoms with Crippen molar-refractivity contribution in [2.45, 2.75) is 27.0 Å². The lowest BCUT2D eigenvalue weighted by Gasteiger charge is -2.16. The highest BCUT2D eigenvalue weighted by atomic mass is 79.9. The average Bonchev–Trinajstić information content (AvgIpc) is 2.75. The molecule has 168 valence electrons. The summed E-state index contributed by atoms with van der Waals surface area (Å²) in [5.41, 5.74) is 1.15. The number of nitrogens with one attached hydrogen (secondary N) is 1. The summed E-state index contributed by atoms with van der Waals surface area (Å²) in [6, 6.07) is 4.76. The van der Waals surface area contributed by atoms with Crippen LogP contribution in [-0.2, 0) is 17.9 Å². The normalized spacial score (nSPS) is 10.8. The summed E-state index contributed by atoms with van der Waals surface area (Å²) in [5, 5.41) is 11.2. The number of pyridine rings is 1. The molecular weight excluding hydrogens is 490 g/mol. The van der Waals surface area contributed by atoms with Gasteiger partial charge in [0, 0.05) is 23.4 Å². The van der Waals surface area contributed by atoms with Gasteiger partial charge in [0.1, 0.15) is 40.9 Å². The maximum absolute atomic E-state index is 13.8. The number of amides is 1. The Kier molecular flexibility index (Phi) is 7.31. The maximum Gasteiger partial charge on any atom is 0.273 e.